The molecule has 3 aliphatic rings. The fourth-order valence-corrected chi connectivity index (χ4v) is 4.89. The van der Waals surface area contributed by atoms with Gasteiger partial charge in [-0.1, -0.05) is 6.58 Å². The molecule has 24 heavy (non-hydrogen) atoms. The highest BCUT2D eigenvalue weighted by Gasteiger charge is 2.65. The molecule has 1 aliphatic heterocycles. The number of cyclic esters (lactones) is 1. The third-order valence-electron chi connectivity index (χ3n) is 5.71. The summed E-state index contributed by atoms with van der Waals surface area (Å²) in [6.45, 7) is 8.79. The molecule has 5 atom stereocenters. The topological polar surface area (TPSA) is 78.9 Å². The van der Waals surface area contributed by atoms with E-state index in [1.165, 1.54) is 6.92 Å². The van der Waals surface area contributed by atoms with Crippen molar-refractivity contribution in [1.29, 1.82) is 0 Å². The molecule has 2 bridgehead atoms. The molecule has 0 amide bonds. The third kappa shape index (κ3) is 2.82. The molecular formula is C18H24O6. The molecule has 0 aromatic heterocycles. The summed E-state index contributed by atoms with van der Waals surface area (Å²) in [5.41, 5.74) is -0.149. The molecule has 1 saturated heterocycles. The molecule has 0 aromatic rings. The van der Waals surface area contributed by atoms with Gasteiger partial charge in [0.25, 0.3) is 0 Å². The van der Waals surface area contributed by atoms with E-state index < -0.39 is 18.5 Å². The van der Waals surface area contributed by atoms with Crippen molar-refractivity contribution in [3.8, 4) is 0 Å². The summed E-state index contributed by atoms with van der Waals surface area (Å²) in [5.74, 6) is -0.222. The van der Waals surface area contributed by atoms with Crippen LogP contribution in [0.3, 0.4) is 0 Å². The normalized spacial score (nSPS) is 35.3. The minimum absolute atomic E-state index is 0.0660. The lowest BCUT2D eigenvalue weighted by atomic mass is 9.70. The molecule has 5 unspecified atom stereocenters. The maximum absolute atomic E-state index is 12.2. The van der Waals surface area contributed by atoms with E-state index in [1.807, 2.05) is 13.8 Å². The fourth-order valence-electron chi connectivity index (χ4n) is 4.89. The summed E-state index contributed by atoms with van der Waals surface area (Å²) in [6, 6.07) is 0. The lowest BCUT2D eigenvalue weighted by Crippen LogP contribution is -2.37. The van der Waals surface area contributed by atoms with Gasteiger partial charge in [0.1, 0.15) is 5.60 Å². The van der Waals surface area contributed by atoms with Crippen molar-refractivity contribution in [2.45, 2.75) is 39.2 Å². The van der Waals surface area contributed by atoms with Crippen molar-refractivity contribution >= 4 is 17.9 Å². The van der Waals surface area contributed by atoms with Gasteiger partial charge in [-0.15, -0.1) is 0 Å². The van der Waals surface area contributed by atoms with Crippen molar-refractivity contribution in [1.82, 2.24) is 0 Å². The number of carbonyl (C=O) groups is 3. The average molecular weight is 336 g/mol. The first kappa shape index (κ1) is 17.0. The molecule has 132 valence electrons. The first-order chi connectivity index (χ1) is 11.2. The Hall–Kier alpha value is -1.85. The van der Waals surface area contributed by atoms with Crippen LogP contribution in [-0.4, -0.2) is 36.7 Å². The molecule has 1 heterocycles. The van der Waals surface area contributed by atoms with Crippen LogP contribution in [0.4, 0.5) is 0 Å². The summed E-state index contributed by atoms with van der Waals surface area (Å²) in [6.07, 6.45) is 1.95. The lowest BCUT2D eigenvalue weighted by molar-refractivity contribution is -0.158. The second kappa shape index (κ2) is 5.90. The summed E-state index contributed by atoms with van der Waals surface area (Å²) in [4.78, 5) is 35.2. The third-order valence-corrected chi connectivity index (χ3v) is 5.71. The molecule has 2 aliphatic carbocycles. The lowest BCUT2D eigenvalue weighted by Gasteiger charge is -2.33. The van der Waals surface area contributed by atoms with E-state index >= 15 is 0 Å². The first-order valence-electron chi connectivity index (χ1n) is 8.42. The predicted molar refractivity (Wildman–Crippen MR) is 83.6 cm³/mol. The number of carbonyl (C=O) groups excluding carboxylic acids is 3. The van der Waals surface area contributed by atoms with Crippen LogP contribution in [0.2, 0.25) is 0 Å². The van der Waals surface area contributed by atoms with E-state index in [-0.39, 0.29) is 47.4 Å². The number of rotatable bonds is 5. The monoisotopic (exact) mass is 336 g/mol. The van der Waals surface area contributed by atoms with Gasteiger partial charge >= 0.3 is 17.9 Å². The molecule has 6 nitrogen and oxygen atoms in total. The Morgan fingerprint density at radius 1 is 1.29 bits per heavy atom. The standard InChI is InChI=1S/C18H24O6/c1-9(2)16(20)23-8-13(19)22-7-11-5-10-6-12(11)14-15(10)18(3,4)24-17(14)21/h10-12,14-15H,1,5-8H2,2-4H3. The summed E-state index contributed by atoms with van der Waals surface area (Å²) >= 11 is 0. The molecule has 0 radical (unpaired) electrons. The Bertz CT molecular complexity index is 592. The minimum atomic E-state index is -0.606. The molecule has 2 saturated carbocycles. The Labute approximate surface area is 141 Å². The van der Waals surface area contributed by atoms with Gasteiger partial charge in [-0.05, 0) is 51.4 Å². The van der Waals surface area contributed by atoms with Crippen LogP contribution < -0.4 is 0 Å². The van der Waals surface area contributed by atoms with Gasteiger partial charge in [0, 0.05) is 11.5 Å². The van der Waals surface area contributed by atoms with Crippen molar-refractivity contribution in [3.05, 3.63) is 12.2 Å². The van der Waals surface area contributed by atoms with Crippen molar-refractivity contribution in [3.63, 3.8) is 0 Å². The van der Waals surface area contributed by atoms with E-state index in [0.717, 1.165) is 12.8 Å². The molecule has 0 spiro atoms. The zero-order valence-electron chi connectivity index (χ0n) is 14.4. The first-order valence-corrected chi connectivity index (χ1v) is 8.42. The van der Waals surface area contributed by atoms with Crippen LogP contribution in [0.25, 0.3) is 0 Å². The van der Waals surface area contributed by atoms with Crippen LogP contribution in [0.5, 0.6) is 0 Å². The quantitative estimate of drug-likeness (QED) is 0.433. The Kier molecular flexibility index (Phi) is 4.18. The fraction of sp³-hybridized carbons (Fsp3) is 0.722. The van der Waals surface area contributed by atoms with Gasteiger partial charge in [0.2, 0.25) is 0 Å². The van der Waals surface area contributed by atoms with Gasteiger partial charge in [-0.2, -0.15) is 0 Å². The Morgan fingerprint density at radius 2 is 2.00 bits per heavy atom. The molecule has 0 aromatic carbocycles. The molecule has 6 heteroatoms. The largest absolute Gasteiger partial charge is 0.463 e. The van der Waals surface area contributed by atoms with Crippen LogP contribution in [0, 0.1) is 29.6 Å². The maximum Gasteiger partial charge on any atom is 0.344 e. The Morgan fingerprint density at radius 3 is 2.67 bits per heavy atom. The molecular weight excluding hydrogens is 312 g/mol. The second-order valence-electron chi connectivity index (χ2n) is 7.77. The van der Waals surface area contributed by atoms with Crippen LogP contribution >= 0.6 is 0 Å². The van der Waals surface area contributed by atoms with Crippen LogP contribution in [0.1, 0.15) is 33.6 Å². The van der Waals surface area contributed by atoms with Crippen molar-refractivity contribution < 1.29 is 28.6 Å². The number of hydrogen-bond acceptors (Lipinski definition) is 6. The van der Waals surface area contributed by atoms with Gasteiger partial charge in [-0.25, -0.2) is 9.59 Å². The summed E-state index contributed by atoms with van der Waals surface area (Å²) in [5, 5.41) is 0. The number of ether oxygens (including phenoxy) is 3. The van der Waals surface area contributed by atoms with E-state index in [9.17, 15) is 14.4 Å². The number of fused-ring (bicyclic) bond motifs is 5. The SMILES string of the molecule is C=C(C)C(=O)OCC(=O)OCC1CC2CC1C1C(=O)OC(C)(C)C21. The maximum atomic E-state index is 12.2. The highest BCUT2D eigenvalue weighted by molar-refractivity contribution is 5.88. The van der Waals surface area contributed by atoms with E-state index in [0.29, 0.717) is 5.92 Å². The molecule has 3 fully saturated rings. The second-order valence-corrected chi connectivity index (χ2v) is 7.77. The molecule has 0 N–H and O–H groups in total. The number of esters is 3. The van der Waals surface area contributed by atoms with Gasteiger partial charge in [-0.3, -0.25) is 4.79 Å². The van der Waals surface area contributed by atoms with Crippen molar-refractivity contribution in [2.24, 2.45) is 29.6 Å². The minimum Gasteiger partial charge on any atom is -0.463 e. The molecule has 3 rings (SSSR count). The van der Waals surface area contributed by atoms with E-state index in [1.54, 1.807) is 0 Å². The number of hydrogen-bond donors (Lipinski definition) is 0. The highest BCUT2D eigenvalue weighted by Crippen LogP contribution is 2.62. The van der Waals surface area contributed by atoms with Crippen LogP contribution in [-0.2, 0) is 28.6 Å². The smallest absolute Gasteiger partial charge is 0.344 e. The highest BCUT2D eigenvalue weighted by atomic mass is 16.6. The van der Waals surface area contributed by atoms with E-state index in [4.69, 9.17) is 14.2 Å². The average Bonchev–Trinajstić information content (AvgIpc) is 3.13. The van der Waals surface area contributed by atoms with Crippen molar-refractivity contribution in [2.75, 3.05) is 13.2 Å². The van der Waals surface area contributed by atoms with Gasteiger partial charge in [0.05, 0.1) is 12.5 Å². The zero-order valence-corrected chi connectivity index (χ0v) is 14.4. The summed E-state index contributed by atoms with van der Waals surface area (Å²) in [7, 11) is 0. The van der Waals surface area contributed by atoms with Gasteiger partial charge in [0.15, 0.2) is 6.61 Å². The summed E-state index contributed by atoms with van der Waals surface area (Å²) < 4.78 is 15.6. The zero-order chi connectivity index (χ0) is 17.6. The predicted octanol–water partition coefficient (Wildman–Crippen LogP) is 1.87. The van der Waals surface area contributed by atoms with Crippen LogP contribution in [0.15, 0.2) is 12.2 Å². The van der Waals surface area contributed by atoms with E-state index in [2.05, 4.69) is 6.58 Å². The van der Waals surface area contributed by atoms with Gasteiger partial charge < -0.3 is 14.2 Å². The Balaban J connectivity index is 1.51.